The van der Waals surface area contributed by atoms with Crippen molar-refractivity contribution >= 4 is 5.91 Å². The molecule has 1 unspecified atom stereocenters. The Bertz CT molecular complexity index is 168. The first kappa shape index (κ1) is 11.5. The molecular weight excluding hydrogens is 180 g/mol. The first-order chi connectivity index (χ1) is 6.83. The fourth-order valence-electron chi connectivity index (χ4n) is 1.68. The lowest BCUT2D eigenvalue weighted by atomic mass is 10.0. The van der Waals surface area contributed by atoms with Crippen LogP contribution in [0.2, 0.25) is 0 Å². The summed E-state index contributed by atoms with van der Waals surface area (Å²) in [4.78, 5) is 16.0. The van der Waals surface area contributed by atoms with Gasteiger partial charge in [0.05, 0.1) is 6.61 Å². The Morgan fingerprint density at radius 2 is 2.43 bits per heavy atom. The van der Waals surface area contributed by atoms with Crippen molar-refractivity contribution in [3.8, 4) is 0 Å². The van der Waals surface area contributed by atoms with Gasteiger partial charge in [-0.2, -0.15) is 0 Å². The molecule has 0 aromatic heterocycles. The minimum Gasteiger partial charge on any atom is -0.314 e. The van der Waals surface area contributed by atoms with Gasteiger partial charge < -0.3 is 5.32 Å². The Kier molecular flexibility index (Phi) is 5.56. The summed E-state index contributed by atoms with van der Waals surface area (Å²) in [5.41, 5.74) is 2.41. The van der Waals surface area contributed by atoms with Crippen LogP contribution >= 0.6 is 0 Å². The summed E-state index contributed by atoms with van der Waals surface area (Å²) in [6.07, 6.45) is 5.21. The smallest absolute Gasteiger partial charge is 0.243 e. The molecule has 0 saturated carbocycles. The third-order valence-electron chi connectivity index (χ3n) is 2.46. The minimum atomic E-state index is -0.0146. The molecule has 4 nitrogen and oxygen atoms in total. The van der Waals surface area contributed by atoms with Crippen molar-refractivity contribution in [3.05, 3.63) is 0 Å². The van der Waals surface area contributed by atoms with Gasteiger partial charge in [-0.15, -0.1) is 0 Å². The van der Waals surface area contributed by atoms with Crippen molar-refractivity contribution in [2.75, 3.05) is 13.2 Å². The van der Waals surface area contributed by atoms with Crippen LogP contribution < -0.4 is 10.8 Å². The Labute approximate surface area is 85.3 Å². The van der Waals surface area contributed by atoms with Crippen molar-refractivity contribution in [2.45, 2.75) is 45.1 Å². The molecular formula is C10H20N2O2. The summed E-state index contributed by atoms with van der Waals surface area (Å²) in [6.45, 7) is 3.47. The highest BCUT2D eigenvalue weighted by Crippen LogP contribution is 2.11. The van der Waals surface area contributed by atoms with Crippen LogP contribution in [0, 0.1) is 0 Å². The van der Waals surface area contributed by atoms with Crippen molar-refractivity contribution in [1.82, 2.24) is 10.8 Å². The van der Waals surface area contributed by atoms with E-state index in [0.717, 1.165) is 13.0 Å². The van der Waals surface area contributed by atoms with Crippen LogP contribution in [-0.2, 0) is 9.63 Å². The van der Waals surface area contributed by atoms with E-state index in [1.807, 2.05) is 6.92 Å². The van der Waals surface area contributed by atoms with Gasteiger partial charge in [0.1, 0.15) is 0 Å². The molecule has 0 aromatic rings. The molecule has 1 saturated heterocycles. The molecule has 0 aliphatic carbocycles. The van der Waals surface area contributed by atoms with Crippen LogP contribution in [0.15, 0.2) is 0 Å². The average molecular weight is 200 g/mol. The number of carbonyl (C=O) groups excluding carboxylic acids is 1. The lowest BCUT2D eigenvalue weighted by Crippen LogP contribution is -2.35. The molecule has 1 aliphatic rings. The quantitative estimate of drug-likeness (QED) is 0.650. The number of nitrogens with one attached hydrogen (secondary N) is 2. The highest BCUT2D eigenvalue weighted by molar-refractivity contribution is 5.74. The molecule has 1 amide bonds. The molecule has 0 radical (unpaired) electrons. The van der Waals surface area contributed by atoms with Gasteiger partial charge in [-0.25, -0.2) is 5.48 Å². The van der Waals surface area contributed by atoms with Crippen LogP contribution in [-0.4, -0.2) is 25.1 Å². The summed E-state index contributed by atoms with van der Waals surface area (Å²) in [5, 5.41) is 3.41. The standard InChI is InChI=1S/C10H20N2O2/c1-2-14-12-10(13)7-6-9-5-3-4-8-11-9/h9,11H,2-8H2,1H3,(H,12,13). The van der Waals surface area contributed by atoms with E-state index < -0.39 is 0 Å². The average Bonchev–Trinajstić information content (AvgIpc) is 2.25. The van der Waals surface area contributed by atoms with Gasteiger partial charge in [0, 0.05) is 12.5 Å². The zero-order chi connectivity index (χ0) is 10.2. The maximum atomic E-state index is 11.2. The molecule has 0 spiro atoms. The molecule has 1 rings (SSSR count). The van der Waals surface area contributed by atoms with Crippen LogP contribution in [0.4, 0.5) is 0 Å². The number of carbonyl (C=O) groups is 1. The van der Waals surface area contributed by atoms with E-state index >= 15 is 0 Å². The number of piperidine rings is 1. The zero-order valence-electron chi connectivity index (χ0n) is 8.84. The van der Waals surface area contributed by atoms with Gasteiger partial charge in [0.2, 0.25) is 5.91 Å². The first-order valence-corrected chi connectivity index (χ1v) is 5.47. The fraction of sp³-hybridized carbons (Fsp3) is 0.900. The van der Waals surface area contributed by atoms with Gasteiger partial charge in [0.15, 0.2) is 0 Å². The molecule has 14 heavy (non-hydrogen) atoms. The minimum absolute atomic E-state index is 0.0146. The topological polar surface area (TPSA) is 50.4 Å². The Hall–Kier alpha value is -0.610. The van der Waals surface area contributed by atoms with Gasteiger partial charge in [-0.05, 0) is 32.7 Å². The van der Waals surface area contributed by atoms with E-state index in [1.54, 1.807) is 0 Å². The number of hydrogen-bond acceptors (Lipinski definition) is 3. The lowest BCUT2D eigenvalue weighted by molar-refractivity contribution is -0.133. The van der Waals surface area contributed by atoms with Crippen LogP contribution in [0.3, 0.4) is 0 Å². The highest BCUT2D eigenvalue weighted by atomic mass is 16.6. The molecule has 2 N–H and O–H groups in total. The number of hydrogen-bond donors (Lipinski definition) is 2. The van der Waals surface area contributed by atoms with Crippen LogP contribution in [0.5, 0.6) is 0 Å². The van der Waals surface area contributed by atoms with Crippen molar-refractivity contribution in [2.24, 2.45) is 0 Å². The molecule has 0 bridgehead atoms. The van der Waals surface area contributed by atoms with Gasteiger partial charge >= 0.3 is 0 Å². The third-order valence-corrected chi connectivity index (χ3v) is 2.46. The molecule has 1 fully saturated rings. The largest absolute Gasteiger partial charge is 0.314 e. The summed E-state index contributed by atoms with van der Waals surface area (Å²) >= 11 is 0. The molecule has 82 valence electrons. The van der Waals surface area contributed by atoms with Gasteiger partial charge in [0.25, 0.3) is 0 Å². The second-order valence-electron chi connectivity index (χ2n) is 3.64. The number of hydroxylamine groups is 1. The maximum absolute atomic E-state index is 11.2. The fourth-order valence-corrected chi connectivity index (χ4v) is 1.68. The van der Waals surface area contributed by atoms with E-state index in [1.165, 1.54) is 19.3 Å². The van der Waals surface area contributed by atoms with E-state index in [2.05, 4.69) is 10.8 Å². The monoisotopic (exact) mass is 200 g/mol. The molecule has 4 heteroatoms. The summed E-state index contributed by atoms with van der Waals surface area (Å²) in [7, 11) is 0. The Balaban J connectivity index is 2.03. The maximum Gasteiger partial charge on any atom is 0.243 e. The summed E-state index contributed by atoms with van der Waals surface area (Å²) < 4.78 is 0. The number of amides is 1. The third kappa shape index (κ3) is 4.58. The normalized spacial score (nSPS) is 21.9. The summed E-state index contributed by atoms with van der Waals surface area (Å²) in [6, 6.07) is 0.524. The van der Waals surface area contributed by atoms with Gasteiger partial charge in [-0.3, -0.25) is 9.63 Å². The first-order valence-electron chi connectivity index (χ1n) is 5.47. The predicted octanol–water partition coefficient (Wildman–Crippen LogP) is 0.976. The Morgan fingerprint density at radius 3 is 3.07 bits per heavy atom. The molecule has 0 aromatic carbocycles. The van der Waals surface area contributed by atoms with Crippen LogP contribution in [0.25, 0.3) is 0 Å². The van der Waals surface area contributed by atoms with E-state index in [9.17, 15) is 4.79 Å². The van der Waals surface area contributed by atoms with E-state index in [-0.39, 0.29) is 5.91 Å². The lowest BCUT2D eigenvalue weighted by Gasteiger charge is -2.22. The van der Waals surface area contributed by atoms with Crippen molar-refractivity contribution in [3.63, 3.8) is 0 Å². The summed E-state index contributed by atoms with van der Waals surface area (Å²) in [5.74, 6) is -0.0146. The number of rotatable bonds is 5. The molecule has 1 aliphatic heterocycles. The van der Waals surface area contributed by atoms with Crippen LogP contribution in [0.1, 0.15) is 39.0 Å². The van der Waals surface area contributed by atoms with E-state index in [0.29, 0.717) is 19.1 Å². The highest BCUT2D eigenvalue weighted by Gasteiger charge is 2.13. The SMILES string of the molecule is CCONC(=O)CCC1CCCCN1. The van der Waals surface area contributed by atoms with Crippen molar-refractivity contribution in [1.29, 1.82) is 0 Å². The van der Waals surface area contributed by atoms with Gasteiger partial charge in [-0.1, -0.05) is 6.42 Å². The molecule has 1 atom stereocenters. The van der Waals surface area contributed by atoms with Crippen molar-refractivity contribution < 1.29 is 9.63 Å². The Morgan fingerprint density at radius 1 is 1.57 bits per heavy atom. The molecule has 1 heterocycles. The zero-order valence-corrected chi connectivity index (χ0v) is 8.84. The second kappa shape index (κ2) is 6.79. The predicted molar refractivity (Wildman–Crippen MR) is 54.6 cm³/mol. The second-order valence-corrected chi connectivity index (χ2v) is 3.64. The van der Waals surface area contributed by atoms with E-state index in [4.69, 9.17) is 4.84 Å².